The molecule has 0 bridgehead atoms. The lowest BCUT2D eigenvalue weighted by Gasteiger charge is -2.07. The van der Waals surface area contributed by atoms with Gasteiger partial charge in [0.05, 0.1) is 18.9 Å². The number of methoxy groups -OCH3 is 1. The number of carbonyl (C=O) groups is 1. The first-order valence-electron chi connectivity index (χ1n) is 5.27. The van der Waals surface area contributed by atoms with Gasteiger partial charge >= 0.3 is 12.5 Å². The van der Waals surface area contributed by atoms with Crippen LogP contribution in [0.4, 0.5) is 8.78 Å². The van der Waals surface area contributed by atoms with E-state index in [4.69, 9.17) is 9.84 Å². The van der Waals surface area contributed by atoms with E-state index >= 15 is 0 Å². The fraction of sp³-hybridized carbons (Fsp3) is 0.167. The Morgan fingerprint density at radius 1 is 1.47 bits per heavy atom. The number of nitrogens with zero attached hydrogens (tertiary/aromatic N) is 2. The lowest BCUT2D eigenvalue weighted by atomic mass is 10.1. The van der Waals surface area contributed by atoms with Crippen molar-refractivity contribution in [1.82, 2.24) is 9.78 Å². The van der Waals surface area contributed by atoms with Crippen molar-refractivity contribution in [3.8, 4) is 16.9 Å². The molecule has 0 aliphatic heterocycles. The van der Waals surface area contributed by atoms with Gasteiger partial charge in [0.15, 0.2) is 0 Å². The topological polar surface area (TPSA) is 64.3 Å². The summed E-state index contributed by atoms with van der Waals surface area (Å²) in [6.45, 7) is -2.72. The molecule has 1 N–H and O–H groups in total. The van der Waals surface area contributed by atoms with Crippen molar-refractivity contribution in [1.29, 1.82) is 0 Å². The lowest BCUT2D eigenvalue weighted by molar-refractivity contribution is 0.0566. The highest BCUT2D eigenvalue weighted by Crippen LogP contribution is 2.31. The molecule has 1 aromatic carbocycles. The first kappa shape index (κ1) is 13.0. The summed E-state index contributed by atoms with van der Waals surface area (Å²) in [5.41, 5.74) is 0.982. The van der Waals surface area contributed by atoms with Crippen LogP contribution in [-0.4, -0.2) is 28.0 Å². The smallest absolute Gasteiger partial charge is 0.335 e. The van der Waals surface area contributed by atoms with E-state index in [1.54, 1.807) is 0 Å². The summed E-state index contributed by atoms with van der Waals surface area (Å²) in [5, 5.41) is 12.4. The maximum absolute atomic E-state index is 12.4. The lowest BCUT2D eigenvalue weighted by Crippen LogP contribution is -1.98. The molecule has 2 aromatic rings. The molecule has 0 saturated heterocycles. The van der Waals surface area contributed by atoms with Crippen LogP contribution in [0.25, 0.3) is 11.1 Å². The summed E-state index contributed by atoms with van der Waals surface area (Å²) in [4.78, 5) is 10.8. The van der Waals surface area contributed by atoms with Crippen molar-refractivity contribution in [3.05, 3.63) is 36.2 Å². The molecule has 19 heavy (non-hydrogen) atoms. The highest BCUT2D eigenvalue weighted by molar-refractivity contribution is 5.89. The van der Waals surface area contributed by atoms with E-state index in [0.29, 0.717) is 15.8 Å². The number of alkyl halides is 2. The maximum Gasteiger partial charge on any atom is 0.335 e. The van der Waals surface area contributed by atoms with Crippen LogP contribution in [0.3, 0.4) is 0 Å². The normalized spacial score (nSPS) is 10.7. The average molecular weight is 268 g/mol. The summed E-state index contributed by atoms with van der Waals surface area (Å²) in [6.07, 6.45) is 2.44. The van der Waals surface area contributed by atoms with Crippen molar-refractivity contribution < 1.29 is 23.4 Å². The summed E-state index contributed by atoms with van der Waals surface area (Å²) in [6, 6.07) is 4.20. The molecular formula is C12H10F2N2O3. The van der Waals surface area contributed by atoms with Gasteiger partial charge in [-0.15, -0.1) is 0 Å². The summed E-state index contributed by atoms with van der Waals surface area (Å²) in [7, 11) is 1.38. The van der Waals surface area contributed by atoms with Gasteiger partial charge in [-0.2, -0.15) is 13.9 Å². The monoisotopic (exact) mass is 268 g/mol. The molecule has 0 aliphatic carbocycles. The Bertz CT molecular complexity index is 611. The molecule has 0 radical (unpaired) electrons. The number of aromatic nitrogens is 2. The molecular weight excluding hydrogens is 258 g/mol. The molecule has 1 aromatic heterocycles. The van der Waals surface area contributed by atoms with Gasteiger partial charge in [-0.05, 0) is 18.2 Å². The van der Waals surface area contributed by atoms with Gasteiger partial charge in [0.2, 0.25) is 0 Å². The van der Waals surface area contributed by atoms with E-state index in [2.05, 4.69) is 5.10 Å². The van der Waals surface area contributed by atoms with Crippen LogP contribution in [0.15, 0.2) is 30.6 Å². The highest BCUT2D eigenvalue weighted by Gasteiger charge is 2.14. The van der Waals surface area contributed by atoms with Crippen LogP contribution in [0.2, 0.25) is 0 Å². The molecule has 2 rings (SSSR count). The number of hydrogen-bond acceptors (Lipinski definition) is 3. The molecule has 0 aliphatic rings. The molecule has 0 unspecified atom stereocenters. The van der Waals surface area contributed by atoms with Crippen molar-refractivity contribution >= 4 is 5.97 Å². The van der Waals surface area contributed by atoms with E-state index in [1.165, 1.54) is 37.7 Å². The molecule has 0 spiro atoms. The minimum atomic E-state index is -2.72. The molecule has 5 nitrogen and oxygen atoms in total. The second kappa shape index (κ2) is 5.05. The van der Waals surface area contributed by atoms with E-state index in [1.807, 2.05) is 0 Å². The molecule has 1 heterocycles. The molecule has 7 heteroatoms. The number of benzene rings is 1. The molecule has 100 valence electrons. The van der Waals surface area contributed by atoms with Crippen molar-refractivity contribution in [3.63, 3.8) is 0 Å². The third-order valence-corrected chi connectivity index (χ3v) is 2.56. The maximum atomic E-state index is 12.4. The summed E-state index contributed by atoms with van der Waals surface area (Å²) >= 11 is 0. The van der Waals surface area contributed by atoms with E-state index < -0.39 is 12.5 Å². The number of carboxylic acid groups (broad SMARTS) is 1. The number of carboxylic acids is 1. The zero-order valence-corrected chi connectivity index (χ0v) is 9.88. The Labute approximate surface area is 107 Å². The Kier molecular flexibility index (Phi) is 3.46. The SMILES string of the molecule is COc1cc(C(=O)O)ccc1-c1cnn(C(F)F)c1. The fourth-order valence-corrected chi connectivity index (χ4v) is 1.65. The van der Waals surface area contributed by atoms with Gasteiger partial charge < -0.3 is 9.84 Å². The zero-order chi connectivity index (χ0) is 14.0. The van der Waals surface area contributed by atoms with Gasteiger partial charge in [-0.1, -0.05) is 0 Å². The van der Waals surface area contributed by atoms with Crippen LogP contribution in [0.5, 0.6) is 5.75 Å². The predicted octanol–water partition coefficient (Wildman–Crippen LogP) is 2.65. The second-order valence-electron chi connectivity index (χ2n) is 3.71. The quantitative estimate of drug-likeness (QED) is 0.925. The van der Waals surface area contributed by atoms with E-state index in [-0.39, 0.29) is 11.3 Å². The summed E-state index contributed by atoms with van der Waals surface area (Å²) < 4.78 is 30.5. The predicted molar refractivity (Wildman–Crippen MR) is 62.4 cm³/mol. The van der Waals surface area contributed by atoms with E-state index in [0.717, 1.165) is 0 Å². The number of hydrogen-bond donors (Lipinski definition) is 1. The average Bonchev–Trinajstić information content (AvgIpc) is 2.87. The third-order valence-electron chi connectivity index (χ3n) is 2.56. The van der Waals surface area contributed by atoms with E-state index in [9.17, 15) is 13.6 Å². The summed E-state index contributed by atoms with van der Waals surface area (Å²) in [5.74, 6) is -0.804. The van der Waals surface area contributed by atoms with Crippen molar-refractivity contribution in [2.75, 3.05) is 7.11 Å². The Morgan fingerprint density at radius 3 is 2.74 bits per heavy atom. The van der Waals surface area contributed by atoms with Crippen LogP contribution >= 0.6 is 0 Å². The molecule has 0 atom stereocenters. The van der Waals surface area contributed by atoms with Crippen LogP contribution in [0.1, 0.15) is 16.9 Å². The van der Waals surface area contributed by atoms with Gasteiger partial charge in [0.25, 0.3) is 0 Å². The standard InChI is InChI=1S/C12H10F2N2O3/c1-19-10-4-7(11(17)18)2-3-9(10)8-5-15-16(6-8)12(13)14/h2-6,12H,1H3,(H,17,18). The Morgan fingerprint density at radius 2 is 2.21 bits per heavy atom. The highest BCUT2D eigenvalue weighted by atomic mass is 19.3. The first-order valence-corrected chi connectivity index (χ1v) is 5.27. The largest absolute Gasteiger partial charge is 0.496 e. The van der Waals surface area contributed by atoms with Crippen molar-refractivity contribution in [2.24, 2.45) is 0 Å². The minimum absolute atomic E-state index is 0.0573. The van der Waals surface area contributed by atoms with Gasteiger partial charge in [-0.3, -0.25) is 0 Å². The van der Waals surface area contributed by atoms with Gasteiger partial charge in [0.1, 0.15) is 5.75 Å². The van der Waals surface area contributed by atoms with Gasteiger partial charge in [-0.25, -0.2) is 9.48 Å². The molecule has 0 fully saturated rings. The fourth-order valence-electron chi connectivity index (χ4n) is 1.65. The second-order valence-corrected chi connectivity index (χ2v) is 3.71. The number of ether oxygens (including phenoxy) is 1. The number of aromatic carboxylic acids is 1. The van der Waals surface area contributed by atoms with Crippen molar-refractivity contribution in [2.45, 2.75) is 6.55 Å². The number of halogens is 2. The minimum Gasteiger partial charge on any atom is -0.496 e. The third kappa shape index (κ3) is 2.54. The zero-order valence-electron chi connectivity index (χ0n) is 9.88. The first-order chi connectivity index (χ1) is 9.02. The van der Waals surface area contributed by atoms with Gasteiger partial charge in [0, 0.05) is 17.3 Å². The van der Waals surface area contributed by atoms with Crippen LogP contribution in [-0.2, 0) is 0 Å². The molecule has 0 amide bonds. The number of rotatable bonds is 4. The van der Waals surface area contributed by atoms with Crippen LogP contribution in [0, 0.1) is 0 Å². The Hall–Kier alpha value is -2.44. The molecule has 0 saturated carbocycles. The van der Waals surface area contributed by atoms with Crippen LogP contribution < -0.4 is 4.74 Å². The Balaban J connectivity index is 2.46.